The minimum atomic E-state index is 0.800. The van der Waals surface area contributed by atoms with Crippen LogP contribution in [0.15, 0.2) is 52.3 Å². The van der Waals surface area contributed by atoms with E-state index in [1.54, 1.807) is 11.8 Å². The molecule has 1 saturated heterocycles. The molecule has 3 aromatic heterocycles. The molecule has 4 heterocycles. The molecule has 0 spiro atoms. The molecule has 8 heteroatoms. The lowest BCUT2D eigenvalue weighted by molar-refractivity contribution is 0.0362. The van der Waals surface area contributed by atoms with Gasteiger partial charge in [0, 0.05) is 49.3 Å². The van der Waals surface area contributed by atoms with Gasteiger partial charge in [-0.2, -0.15) is 0 Å². The molecule has 4 aromatic rings. The zero-order valence-electron chi connectivity index (χ0n) is 18.5. The summed E-state index contributed by atoms with van der Waals surface area (Å²) in [7, 11) is 0. The van der Waals surface area contributed by atoms with Crippen LogP contribution in [-0.2, 0) is 17.0 Å². The summed E-state index contributed by atoms with van der Waals surface area (Å²) in [5.74, 6) is 1.67. The summed E-state index contributed by atoms with van der Waals surface area (Å²) in [4.78, 5) is 12.3. The number of thioether (sulfide) groups is 1. The highest BCUT2D eigenvalue weighted by Gasteiger charge is 2.18. The van der Waals surface area contributed by atoms with Gasteiger partial charge >= 0.3 is 0 Å². The van der Waals surface area contributed by atoms with Gasteiger partial charge in [0.25, 0.3) is 0 Å². The lowest BCUT2D eigenvalue weighted by Crippen LogP contribution is -2.38. The lowest BCUT2D eigenvalue weighted by atomic mass is 10.1. The molecule has 1 aliphatic heterocycles. The van der Waals surface area contributed by atoms with Gasteiger partial charge in [0.15, 0.2) is 10.8 Å². The summed E-state index contributed by atoms with van der Waals surface area (Å²) >= 11 is 1.76. The first kappa shape index (κ1) is 21.2. The Kier molecular flexibility index (Phi) is 6.25. The van der Waals surface area contributed by atoms with Gasteiger partial charge in [0.2, 0.25) is 0 Å². The Morgan fingerprint density at radius 2 is 1.88 bits per heavy atom. The largest absolute Gasteiger partial charge is 0.379 e. The summed E-state index contributed by atoms with van der Waals surface area (Å²) in [5, 5.41) is 5.09. The predicted octanol–water partition coefficient (Wildman–Crippen LogP) is 4.33. The standard InChI is InChI=1S/C24H27N5O2S/c1-17-22(18(2)31-27-17)20-14-21-23(25-15-20)29(9-8-28-10-12-30-13-11-28)24(26-21)32-16-19-6-4-3-5-7-19/h3-7,14-15H,8-13,16H2,1-2H3. The number of aryl methyl sites for hydroxylation is 2. The molecule has 7 nitrogen and oxygen atoms in total. The average molecular weight is 450 g/mol. The van der Waals surface area contributed by atoms with Gasteiger partial charge in [0.05, 0.1) is 18.9 Å². The van der Waals surface area contributed by atoms with Crippen molar-refractivity contribution >= 4 is 22.9 Å². The van der Waals surface area contributed by atoms with Gasteiger partial charge in [0.1, 0.15) is 11.3 Å². The zero-order chi connectivity index (χ0) is 21.9. The highest BCUT2D eigenvalue weighted by Crippen LogP contribution is 2.31. The van der Waals surface area contributed by atoms with Crippen LogP contribution in [0.2, 0.25) is 0 Å². The first-order valence-electron chi connectivity index (χ1n) is 11.0. The van der Waals surface area contributed by atoms with Gasteiger partial charge in [-0.3, -0.25) is 4.90 Å². The molecule has 5 rings (SSSR count). The van der Waals surface area contributed by atoms with E-state index in [2.05, 4.69) is 45.0 Å². The molecule has 0 amide bonds. The van der Waals surface area contributed by atoms with Gasteiger partial charge in [-0.15, -0.1) is 0 Å². The second-order valence-corrected chi connectivity index (χ2v) is 8.98. The van der Waals surface area contributed by atoms with Gasteiger partial charge in [-0.1, -0.05) is 47.3 Å². The molecule has 0 atom stereocenters. The number of nitrogens with zero attached hydrogens (tertiary/aromatic N) is 5. The van der Waals surface area contributed by atoms with Crippen molar-refractivity contribution in [2.24, 2.45) is 0 Å². The van der Waals surface area contributed by atoms with Gasteiger partial charge in [-0.25, -0.2) is 9.97 Å². The molecule has 166 valence electrons. The molecule has 32 heavy (non-hydrogen) atoms. The minimum Gasteiger partial charge on any atom is -0.379 e. The Morgan fingerprint density at radius 3 is 2.62 bits per heavy atom. The number of fused-ring (bicyclic) bond motifs is 1. The molecule has 0 aliphatic carbocycles. The summed E-state index contributed by atoms with van der Waals surface area (Å²) in [6.07, 6.45) is 1.91. The number of rotatable bonds is 7. The zero-order valence-corrected chi connectivity index (χ0v) is 19.3. The van der Waals surface area contributed by atoms with Crippen LogP contribution in [0, 0.1) is 13.8 Å². The number of imidazole rings is 1. The van der Waals surface area contributed by atoms with Crippen molar-refractivity contribution in [2.75, 3.05) is 32.8 Å². The Labute approximate surface area is 191 Å². The van der Waals surface area contributed by atoms with Crippen molar-refractivity contribution in [3.8, 4) is 11.1 Å². The molecule has 0 N–H and O–H groups in total. The van der Waals surface area contributed by atoms with Crippen LogP contribution >= 0.6 is 11.8 Å². The summed E-state index contributed by atoms with van der Waals surface area (Å²) in [6, 6.07) is 12.6. The van der Waals surface area contributed by atoms with E-state index in [1.165, 1.54) is 5.56 Å². The first-order valence-corrected chi connectivity index (χ1v) is 11.9. The third-order valence-corrected chi connectivity index (χ3v) is 6.87. The second-order valence-electron chi connectivity index (χ2n) is 8.04. The SMILES string of the molecule is Cc1noc(C)c1-c1cnc2c(c1)nc(SCc1ccccc1)n2CCN1CCOCC1. The second kappa shape index (κ2) is 9.44. The summed E-state index contributed by atoms with van der Waals surface area (Å²) < 4.78 is 13.1. The molecular formula is C24H27N5O2S. The van der Waals surface area contributed by atoms with Crippen LogP contribution < -0.4 is 0 Å². The van der Waals surface area contributed by atoms with Crippen LogP contribution in [0.3, 0.4) is 0 Å². The van der Waals surface area contributed by atoms with E-state index >= 15 is 0 Å². The number of ether oxygens (including phenoxy) is 1. The number of hydrogen-bond donors (Lipinski definition) is 0. The van der Waals surface area contributed by atoms with Crippen molar-refractivity contribution in [3.63, 3.8) is 0 Å². The molecular weight excluding hydrogens is 422 g/mol. The molecule has 0 bridgehead atoms. The predicted molar refractivity (Wildman–Crippen MR) is 126 cm³/mol. The van der Waals surface area contributed by atoms with Crippen molar-refractivity contribution in [3.05, 3.63) is 59.6 Å². The Bertz CT molecular complexity index is 1180. The van der Waals surface area contributed by atoms with E-state index in [-0.39, 0.29) is 0 Å². The fraction of sp³-hybridized carbons (Fsp3) is 0.375. The monoisotopic (exact) mass is 449 g/mol. The summed E-state index contributed by atoms with van der Waals surface area (Å²) in [6.45, 7) is 9.26. The van der Waals surface area contributed by atoms with Crippen LogP contribution in [0.25, 0.3) is 22.3 Å². The Hall–Kier alpha value is -2.68. The van der Waals surface area contributed by atoms with Crippen LogP contribution in [0.4, 0.5) is 0 Å². The maximum Gasteiger partial charge on any atom is 0.170 e. The smallest absolute Gasteiger partial charge is 0.170 e. The van der Waals surface area contributed by atoms with E-state index in [9.17, 15) is 0 Å². The number of hydrogen-bond acceptors (Lipinski definition) is 7. The Morgan fingerprint density at radius 1 is 1.06 bits per heavy atom. The fourth-order valence-electron chi connectivity index (χ4n) is 4.12. The number of benzene rings is 1. The summed E-state index contributed by atoms with van der Waals surface area (Å²) in [5.41, 5.74) is 5.97. The average Bonchev–Trinajstić information content (AvgIpc) is 3.35. The van der Waals surface area contributed by atoms with Crippen LogP contribution in [0.1, 0.15) is 17.0 Å². The van der Waals surface area contributed by atoms with E-state index in [0.717, 1.165) is 84.0 Å². The van der Waals surface area contributed by atoms with E-state index < -0.39 is 0 Å². The molecule has 0 saturated carbocycles. The minimum absolute atomic E-state index is 0.800. The maximum atomic E-state index is 5.50. The quantitative estimate of drug-likeness (QED) is 0.389. The van der Waals surface area contributed by atoms with Crippen molar-refractivity contribution in [1.29, 1.82) is 0 Å². The van der Waals surface area contributed by atoms with E-state index in [4.69, 9.17) is 19.2 Å². The number of pyridine rings is 1. The third-order valence-electron chi connectivity index (χ3n) is 5.83. The molecule has 0 unspecified atom stereocenters. The van der Waals surface area contributed by atoms with Crippen molar-refractivity contribution in [2.45, 2.75) is 31.3 Å². The highest BCUT2D eigenvalue weighted by atomic mass is 32.2. The highest BCUT2D eigenvalue weighted by molar-refractivity contribution is 7.98. The third kappa shape index (κ3) is 4.44. The van der Waals surface area contributed by atoms with Gasteiger partial charge < -0.3 is 13.8 Å². The van der Waals surface area contributed by atoms with Crippen molar-refractivity contribution in [1.82, 2.24) is 24.6 Å². The lowest BCUT2D eigenvalue weighted by Gasteiger charge is -2.26. The molecule has 0 radical (unpaired) electrons. The Balaban J connectivity index is 1.46. The molecule has 1 fully saturated rings. The van der Waals surface area contributed by atoms with Crippen molar-refractivity contribution < 1.29 is 9.26 Å². The van der Waals surface area contributed by atoms with Gasteiger partial charge in [-0.05, 0) is 25.5 Å². The van der Waals surface area contributed by atoms with E-state index in [0.29, 0.717) is 0 Å². The first-order chi connectivity index (χ1) is 15.7. The number of morpholine rings is 1. The molecule has 1 aromatic carbocycles. The number of aromatic nitrogens is 4. The van der Waals surface area contributed by atoms with Crippen LogP contribution in [0.5, 0.6) is 0 Å². The topological polar surface area (TPSA) is 69.2 Å². The van der Waals surface area contributed by atoms with E-state index in [1.807, 2.05) is 26.1 Å². The van der Waals surface area contributed by atoms with Crippen LogP contribution in [-0.4, -0.2) is 57.4 Å². The molecule has 1 aliphatic rings. The normalized spacial score (nSPS) is 14.9. The maximum absolute atomic E-state index is 5.50. The fourth-order valence-corrected chi connectivity index (χ4v) is 5.11.